The van der Waals surface area contributed by atoms with Crippen LogP contribution in [0.5, 0.6) is 23.0 Å². The molecule has 0 aliphatic carbocycles. The van der Waals surface area contributed by atoms with Crippen molar-refractivity contribution in [1.29, 1.82) is 0 Å². The van der Waals surface area contributed by atoms with E-state index in [4.69, 9.17) is 30.5 Å². The van der Waals surface area contributed by atoms with E-state index >= 15 is 0 Å². The molecule has 156 valence electrons. The summed E-state index contributed by atoms with van der Waals surface area (Å²) in [6.07, 6.45) is 0.743. The first-order valence-corrected chi connectivity index (χ1v) is 9.18. The first kappa shape index (κ1) is 22.2. The number of hydrazone groups is 1. The van der Waals surface area contributed by atoms with Crippen molar-refractivity contribution in [3.63, 3.8) is 0 Å². The zero-order chi connectivity index (χ0) is 21.1. The predicted molar refractivity (Wildman–Crippen MR) is 110 cm³/mol. The number of ether oxygens (including phenoxy) is 5. The average molecular weight is 423 g/mol. The SMILES string of the molecule is CCOc1cc(C=NNC(=O)OC)cc(Cl)c1OCCOc1ccccc1OC. The molecule has 0 radical (unpaired) electrons. The molecule has 9 heteroatoms. The molecule has 0 aromatic heterocycles. The number of hydrogen-bond donors (Lipinski definition) is 1. The van der Waals surface area contributed by atoms with E-state index in [1.165, 1.54) is 13.3 Å². The Morgan fingerprint density at radius 3 is 2.48 bits per heavy atom. The summed E-state index contributed by atoms with van der Waals surface area (Å²) in [6, 6.07) is 10.7. The molecule has 0 saturated heterocycles. The molecule has 0 unspecified atom stereocenters. The molecule has 0 fully saturated rings. The van der Waals surface area contributed by atoms with Crippen molar-refractivity contribution >= 4 is 23.9 Å². The van der Waals surface area contributed by atoms with Gasteiger partial charge in [-0.2, -0.15) is 5.10 Å². The number of carbonyl (C=O) groups excluding carboxylic acids is 1. The third-order valence-corrected chi connectivity index (χ3v) is 3.82. The second-order valence-corrected chi connectivity index (χ2v) is 5.88. The maximum Gasteiger partial charge on any atom is 0.427 e. The lowest BCUT2D eigenvalue weighted by molar-refractivity contribution is 0.171. The van der Waals surface area contributed by atoms with Gasteiger partial charge in [0.15, 0.2) is 23.0 Å². The second-order valence-electron chi connectivity index (χ2n) is 5.47. The molecule has 1 amide bonds. The molecule has 0 aliphatic heterocycles. The van der Waals surface area contributed by atoms with Crippen LogP contribution in [0.15, 0.2) is 41.5 Å². The van der Waals surface area contributed by atoms with Gasteiger partial charge in [0.1, 0.15) is 13.2 Å². The topological polar surface area (TPSA) is 87.6 Å². The van der Waals surface area contributed by atoms with Crippen molar-refractivity contribution in [2.24, 2.45) is 5.10 Å². The summed E-state index contributed by atoms with van der Waals surface area (Å²) in [6.45, 7) is 2.80. The standard InChI is InChI=1S/C20H23ClN2O6/c1-4-27-18-12-14(13-22-23-20(24)26-3)11-15(21)19(18)29-10-9-28-17-8-6-5-7-16(17)25-2/h5-8,11-13H,4,9-10H2,1-3H3,(H,23,24). The molecule has 0 atom stereocenters. The molecule has 2 aromatic carbocycles. The Morgan fingerprint density at radius 1 is 1.07 bits per heavy atom. The lowest BCUT2D eigenvalue weighted by Gasteiger charge is -2.15. The van der Waals surface area contributed by atoms with E-state index in [1.54, 1.807) is 19.2 Å². The Hall–Kier alpha value is -3.13. The monoisotopic (exact) mass is 422 g/mol. The number of carbonyl (C=O) groups is 1. The number of halogens is 1. The molecular formula is C20H23ClN2O6. The van der Waals surface area contributed by atoms with Crippen molar-refractivity contribution in [2.75, 3.05) is 34.0 Å². The fraction of sp³-hybridized carbons (Fsp3) is 0.300. The van der Waals surface area contributed by atoms with Gasteiger partial charge < -0.3 is 23.7 Å². The van der Waals surface area contributed by atoms with Crippen molar-refractivity contribution in [3.05, 3.63) is 47.0 Å². The van der Waals surface area contributed by atoms with Gasteiger partial charge in [-0.1, -0.05) is 23.7 Å². The van der Waals surface area contributed by atoms with Gasteiger partial charge in [-0.3, -0.25) is 0 Å². The fourth-order valence-electron chi connectivity index (χ4n) is 2.30. The number of nitrogens with one attached hydrogen (secondary N) is 1. The lowest BCUT2D eigenvalue weighted by atomic mass is 10.2. The quantitative estimate of drug-likeness (QED) is 0.355. The van der Waals surface area contributed by atoms with Crippen molar-refractivity contribution in [1.82, 2.24) is 5.43 Å². The van der Waals surface area contributed by atoms with Crippen LogP contribution < -0.4 is 24.4 Å². The highest BCUT2D eigenvalue weighted by molar-refractivity contribution is 6.32. The van der Waals surface area contributed by atoms with E-state index in [0.29, 0.717) is 40.2 Å². The molecule has 2 aromatic rings. The van der Waals surface area contributed by atoms with Crippen LogP contribution in [0.3, 0.4) is 0 Å². The Kier molecular flexibility index (Phi) is 8.91. The van der Waals surface area contributed by atoms with Crippen LogP contribution >= 0.6 is 11.6 Å². The maximum absolute atomic E-state index is 11.0. The van der Waals surface area contributed by atoms with Crippen LogP contribution in [-0.4, -0.2) is 46.3 Å². The summed E-state index contributed by atoms with van der Waals surface area (Å²) in [7, 11) is 2.83. The summed E-state index contributed by atoms with van der Waals surface area (Å²) >= 11 is 6.34. The van der Waals surface area contributed by atoms with E-state index in [0.717, 1.165) is 0 Å². The van der Waals surface area contributed by atoms with Gasteiger partial charge in [-0.25, -0.2) is 10.2 Å². The minimum atomic E-state index is -0.674. The molecule has 2 rings (SSSR count). The average Bonchev–Trinajstić information content (AvgIpc) is 2.73. The summed E-state index contributed by atoms with van der Waals surface area (Å²) in [5.41, 5.74) is 2.82. The normalized spacial score (nSPS) is 10.5. The summed E-state index contributed by atoms with van der Waals surface area (Å²) in [4.78, 5) is 11.0. The van der Waals surface area contributed by atoms with Gasteiger partial charge in [0.25, 0.3) is 0 Å². The molecule has 0 heterocycles. The number of hydrogen-bond acceptors (Lipinski definition) is 7. The van der Waals surface area contributed by atoms with E-state index in [9.17, 15) is 4.79 Å². The summed E-state index contributed by atoms with van der Waals surface area (Å²) < 4.78 is 26.8. The maximum atomic E-state index is 11.0. The van der Waals surface area contributed by atoms with Crippen LogP contribution in [-0.2, 0) is 4.74 Å². The number of benzene rings is 2. The molecule has 0 aliphatic rings. The number of methoxy groups -OCH3 is 2. The minimum absolute atomic E-state index is 0.245. The molecule has 1 N–H and O–H groups in total. The fourth-order valence-corrected chi connectivity index (χ4v) is 2.58. The van der Waals surface area contributed by atoms with Crippen LogP contribution in [0, 0.1) is 0 Å². The summed E-state index contributed by atoms with van der Waals surface area (Å²) in [5.74, 6) is 2.12. The number of nitrogens with zero attached hydrogens (tertiary/aromatic N) is 1. The van der Waals surface area contributed by atoms with E-state index < -0.39 is 6.09 Å². The Labute approximate surface area is 174 Å². The van der Waals surface area contributed by atoms with Crippen LogP contribution in [0.4, 0.5) is 4.79 Å². The van der Waals surface area contributed by atoms with Gasteiger partial charge in [0, 0.05) is 0 Å². The number of para-hydroxylation sites is 2. The van der Waals surface area contributed by atoms with Crippen molar-refractivity contribution < 1.29 is 28.5 Å². The van der Waals surface area contributed by atoms with Crippen LogP contribution in [0.1, 0.15) is 12.5 Å². The van der Waals surface area contributed by atoms with E-state index in [1.807, 2.05) is 31.2 Å². The Balaban J connectivity index is 2.02. The van der Waals surface area contributed by atoms with Crippen LogP contribution in [0.25, 0.3) is 0 Å². The smallest absolute Gasteiger partial charge is 0.427 e. The predicted octanol–water partition coefficient (Wildman–Crippen LogP) is 3.90. The highest BCUT2D eigenvalue weighted by atomic mass is 35.5. The Bertz CT molecular complexity index is 844. The lowest BCUT2D eigenvalue weighted by Crippen LogP contribution is -2.16. The molecule has 8 nitrogen and oxygen atoms in total. The third-order valence-electron chi connectivity index (χ3n) is 3.54. The minimum Gasteiger partial charge on any atom is -0.493 e. The van der Waals surface area contributed by atoms with E-state index in [2.05, 4.69) is 15.3 Å². The molecule has 29 heavy (non-hydrogen) atoms. The highest BCUT2D eigenvalue weighted by Gasteiger charge is 2.13. The van der Waals surface area contributed by atoms with Crippen molar-refractivity contribution in [2.45, 2.75) is 6.92 Å². The molecule has 0 bridgehead atoms. The zero-order valence-corrected chi connectivity index (χ0v) is 17.2. The molecule has 0 saturated carbocycles. The Morgan fingerprint density at radius 2 is 1.79 bits per heavy atom. The van der Waals surface area contributed by atoms with Crippen molar-refractivity contribution in [3.8, 4) is 23.0 Å². The summed E-state index contributed by atoms with van der Waals surface area (Å²) in [5, 5.41) is 4.11. The van der Waals surface area contributed by atoms with Crippen LogP contribution in [0.2, 0.25) is 5.02 Å². The van der Waals surface area contributed by atoms with Gasteiger partial charge in [-0.05, 0) is 36.8 Å². The number of rotatable bonds is 10. The molecular weight excluding hydrogens is 400 g/mol. The van der Waals surface area contributed by atoms with Gasteiger partial charge in [-0.15, -0.1) is 0 Å². The van der Waals surface area contributed by atoms with E-state index in [-0.39, 0.29) is 13.2 Å². The largest absolute Gasteiger partial charge is 0.493 e. The first-order chi connectivity index (χ1) is 14.1. The van der Waals surface area contributed by atoms with Gasteiger partial charge in [0.05, 0.1) is 32.1 Å². The van der Waals surface area contributed by atoms with Gasteiger partial charge >= 0.3 is 6.09 Å². The first-order valence-electron chi connectivity index (χ1n) is 8.81. The highest BCUT2D eigenvalue weighted by Crippen LogP contribution is 2.36. The zero-order valence-electron chi connectivity index (χ0n) is 16.4. The number of amides is 1. The molecule has 0 spiro atoms. The third kappa shape index (κ3) is 6.76. The van der Waals surface area contributed by atoms with Gasteiger partial charge in [0.2, 0.25) is 0 Å². The second kappa shape index (κ2) is 11.7.